The Bertz CT molecular complexity index is 209. The van der Waals surface area contributed by atoms with Crippen LogP contribution in [0.3, 0.4) is 0 Å². The first-order valence-electron chi connectivity index (χ1n) is 4.52. The maximum absolute atomic E-state index is 11.0. The number of hydrogen-bond donors (Lipinski definition) is 4. The minimum atomic E-state index is -0.631. The fourth-order valence-electron chi connectivity index (χ4n) is 0.968. The molecule has 0 aliphatic rings. The number of hydrogen-bond acceptors (Lipinski definition) is 5. The van der Waals surface area contributed by atoms with Crippen LogP contribution in [0, 0.1) is 0 Å². The zero-order valence-electron chi connectivity index (χ0n) is 8.35. The van der Waals surface area contributed by atoms with E-state index in [-0.39, 0.29) is 26.2 Å². The van der Waals surface area contributed by atoms with Gasteiger partial charge in [-0.3, -0.25) is 9.59 Å². The van der Waals surface area contributed by atoms with Gasteiger partial charge in [0.25, 0.3) is 0 Å². The first-order valence-corrected chi connectivity index (χ1v) is 4.52. The van der Waals surface area contributed by atoms with Crippen LogP contribution < -0.4 is 5.32 Å². The van der Waals surface area contributed by atoms with Gasteiger partial charge in [-0.2, -0.15) is 0 Å². The van der Waals surface area contributed by atoms with Gasteiger partial charge >= 0.3 is 0 Å². The molecule has 7 nitrogen and oxygen atoms in total. The first-order chi connectivity index (χ1) is 7.15. The molecule has 0 saturated heterocycles. The Morgan fingerprint density at radius 2 is 1.73 bits per heavy atom. The molecule has 0 bridgehead atoms. The summed E-state index contributed by atoms with van der Waals surface area (Å²) in [6.07, 6.45) is 0. The molecule has 0 aromatic heterocycles. The van der Waals surface area contributed by atoms with E-state index in [4.69, 9.17) is 15.3 Å². The summed E-state index contributed by atoms with van der Waals surface area (Å²) in [4.78, 5) is 22.9. The van der Waals surface area contributed by atoms with Crippen LogP contribution in [0.5, 0.6) is 0 Å². The third-order valence-electron chi connectivity index (χ3n) is 1.71. The molecule has 0 heterocycles. The fourth-order valence-corrected chi connectivity index (χ4v) is 0.968. The standard InChI is InChI=1S/C8H16N2O5/c11-4-3-10(8(15)6-13)2-1-9-7(14)5-12/h11-13H,1-6H2,(H,9,14). The molecule has 0 aliphatic carbocycles. The van der Waals surface area contributed by atoms with Gasteiger partial charge in [0.2, 0.25) is 11.8 Å². The Labute approximate surface area is 87.3 Å². The van der Waals surface area contributed by atoms with Gasteiger partial charge in [-0.1, -0.05) is 0 Å². The summed E-state index contributed by atoms with van der Waals surface area (Å²) in [7, 11) is 0. The second-order valence-corrected chi connectivity index (χ2v) is 2.77. The second-order valence-electron chi connectivity index (χ2n) is 2.77. The van der Waals surface area contributed by atoms with Crippen LogP contribution >= 0.6 is 0 Å². The zero-order chi connectivity index (χ0) is 11.7. The number of carbonyl (C=O) groups is 2. The number of nitrogens with one attached hydrogen (secondary N) is 1. The molecule has 0 saturated carbocycles. The molecule has 0 aromatic carbocycles. The van der Waals surface area contributed by atoms with E-state index in [0.29, 0.717) is 0 Å². The highest BCUT2D eigenvalue weighted by Gasteiger charge is 2.11. The van der Waals surface area contributed by atoms with Gasteiger partial charge in [-0.05, 0) is 0 Å². The van der Waals surface area contributed by atoms with Gasteiger partial charge in [0.05, 0.1) is 6.61 Å². The van der Waals surface area contributed by atoms with Crippen LogP contribution in [0.15, 0.2) is 0 Å². The number of nitrogens with zero attached hydrogens (tertiary/aromatic N) is 1. The summed E-state index contributed by atoms with van der Waals surface area (Å²) in [5.74, 6) is -1.04. The maximum atomic E-state index is 11.0. The van der Waals surface area contributed by atoms with Crippen molar-refractivity contribution in [3.63, 3.8) is 0 Å². The summed E-state index contributed by atoms with van der Waals surface area (Å²) < 4.78 is 0. The van der Waals surface area contributed by atoms with E-state index < -0.39 is 25.0 Å². The SMILES string of the molecule is O=C(CO)NCCN(CCO)C(=O)CO. The average Bonchev–Trinajstić information content (AvgIpc) is 2.26. The lowest BCUT2D eigenvalue weighted by molar-refractivity contribution is -0.135. The second kappa shape index (κ2) is 8.16. The van der Waals surface area contributed by atoms with Gasteiger partial charge in [0, 0.05) is 19.6 Å². The molecule has 0 unspecified atom stereocenters. The fraction of sp³-hybridized carbons (Fsp3) is 0.750. The lowest BCUT2D eigenvalue weighted by atomic mass is 10.4. The first kappa shape index (κ1) is 13.8. The van der Waals surface area contributed by atoms with Crippen molar-refractivity contribution in [2.24, 2.45) is 0 Å². The van der Waals surface area contributed by atoms with Crippen LogP contribution in [0.25, 0.3) is 0 Å². The molecule has 4 N–H and O–H groups in total. The van der Waals surface area contributed by atoms with Crippen molar-refractivity contribution in [1.29, 1.82) is 0 Å². The zero-order valence-corrected chi connectivity index (χ0v) is 8.35. The molecule has 0 spiro atoms. The van der Waals surface area contributed by atoms with Crippen molar-refractivity contribution in [3.05, 3.63) is 0 Å². The normalized spacial score (nSPS) is 9.80. The summed E-state index contributed by atoms with van der Waals surface area (Å²) in [6, 6.07) is 0. The molecule has 7 heteroatoms. The Balaban J connectivity index is 3.85. The van der Waals surface area contributed by atoms with Crippen LogP contribution in [0.2, 0.25) is 0 Å². The van der Waals surface area contributed by atoms with Gasteiger partial charge in [-0.25, -0.2) is 0 Å². The third kappa shape index (κ3) is 6.00. The molecule has 2 amide bonds. The molecule has 0 aromatic rings. The van der Waals surface area contributed by atoms with E-state index in [1.54, 1.807) is 0 Å². The van der Waals surface area contributed by atoms with E-state index >= 15 is 0 Å². The van der Waals surface area contributed by atoms with Gasteiger partial charge in [0.1, 0.15) is 13.2 Å². The molecular formula is C8H16N2O5. The molecule has 0 rings (SSSR count). The average molecular weight is 220 g/mol. The Hall–Kier alpha value is -1.18. The van der Waals surface area contributed by atoms with E-state index in [2.05, 4.69) is 5.32 Å². The number of rotatable bonds is 7. The van der Waals surface area contributed by atoms with E-state index in [1.807, 2.05) is 0 Å². The highest BCUT2D eigenvalue weighted by molar-refractivity contribution is 5.78. The molecule has 0 fully saturated rings. The summed E-state index contributed by atoms with van der Waals surface area (Å²) in [6.45, 7) is -0.979. The largest absolute Gasteiger partial charge is 0.395 e. The predicted octanol–water partition coefficient (Wildman–Crippen LogP) is -3.09. The number of aliphatic hydroxyl groups is 3. The van der Waals surface area contributed by atoms with Gasteiger partial charge in [-0.15, -0.1) is 0 Å². The quantitative estimate of drug-likeness (QED) is 0.363. The molecule has 88 valence electrons. The van der Waals surface area contributed by atoms with Crippen molar-refractivity contribution in [2.75, 3.05) is 39.5 Å². The lowest BCUT2D eigenvalue weighted by Gasteiger charge is -2.20. The van der Waals surface area contributed by atoms with Crippen LogP contribution in [0.4, 0.5) is 0 Å². The number of carbonyl (C=O) groups excluding carboxylic acids is 2. The number of amides is 2. The van der Waals surface area contributed by atoms with E-state index in [9.17, 15) is 9.59 Å². The van der Waals surface area contributed by atoms with Gasteiger partial charge < -0.3 is 25.5 Å². The lowest BCUT2D eigenvalue weighted by Crippen LogP contribution is -2.41. The Kier molecular flexibility index (Phi) is 7.51. The monoisotopic (exact) mass is 220 g/mol. The summed E-state index contributed by atoms with van der Waals surface area (Å²) in [5.41, 5.74) is 0. The topological polar surface area (TPSA) is 110 Å². The highest BCUT2D eigenvalue weighted by Crippen LogP contribution is 1.87. The molecule has 0 aliphatic heterocycles. The predicted molar refractivity (Wildman–Crippen MR) is 50.8 cm³/mol. The molecule has 0 radical (unpaired) electrons. The summed E-state index contributed by atoms with van der Waals surface area (Å²) in [5, 5.41) is 28.0. The van der Waals surface area contributed by atoms with Crippen molar-refractivity contribution >= 4 is 11.8 Å². The molecule has 15 heavy (non-hydrogen) atoms. The van der Waals surface area contributed by atoms with Crippen molar-refractivity contribution in [3.8, 4) is 0 Å². The van der Waals surface area contributed by atoms with E-state index in [0.717, 1.165) is 0 Å². The smallest absolute Gasteiger partial charge is 0.248 e. The third-order valence-corrected chi connectivity index (χ3v) is 1.71. The van der Waals surface area contributed by atoms with Crippen LogP contribution in [0.1, 0.15) is 0 Å². The van der Waals surface area contributed by atoms with E-state index in [1.165, 1.54) is 4.90 Å². The number of aliphatic hydroxyl groups excluding tert-OH is 3. The Morgan fingerprint density at radius 3 is 2.20 bits per heavy atom. The highest BCUT2D eigenvalue weighted by atomic mass is 16.3. The minimum absolute atomic E-state index is 0.106. The maximum Gasteiger partial charge on any atom is 0.248 e. The van der Waals surface area contributed by atoms with Crippen molar-refractivity contribution in [1.82, 2.24) is 10.2 Å². The van der Waals surface area contributed by atoms with Crippen LogP contribution in [-0.4, -0.2) is 71.5 Å². The Morgan fingerprint density at radius 1 is 1.07 bits per heavy atom. The molecule has 0 atom stereocenters. The minimum Gasteiger partial charge on any atom is -0.395 e. The van der Waals surface area contributed by atoms with Gasteiger partial charge in [0.15, 0.2) is 0 Å². The van der Waals surface area contributed by atoms with Crippen molar-refractivity contribution < 1.29 is 24.9 Å². The van der Waals surface area contributed by atoms with Crippen LogP contribution in [-0.2, 0) is 9.59 Å². The molecular weight excluding hydrogens is 204 g/mol. The summed E-state index contributed by atoms with van der Waals surface area (Å²) >= 11 is 0. The van der Waals surface area contributed by atoms with Crippen molar-refractivity contribution in [2.45, 2.75) is 0 Å².